The number of hydrogen-bond acceptors (Lipinski definition) is 4. The fourth-order valence-electron chi connectivity index (χ4n) is 5.38. The molecular formula is C35H59N3OSi2. The first-order valence-electron chi connectivity index (χ1n) is 16.8. The quantitative estimate of drug-likeness (QED) is 0.0897. The minimum absolute atomic E-state index is 0.427. The summed E-state index contributed by atoms with van der Waals surface area (Å²) in [6, 6.07) is 6.31. The largest absolute Gasteiger partial charge is 0.528 e. The third-order valence-corrected chi connectivity index (χ3v) is 10.7. The van der Waals surface area contributed by atoms with Crippen LogP contribution in [0.2, 0.25) is 12.1 Å². The second-order valence-corrected chi connectivity index (χ2v) is 15.4. The van der Waals surface area contributed by atoms with Crippen LogP contribution in [0.3, 0.4) is 0 Å². The topological polar surface area (TPSA) is 47.9 Å². The van der Waals surface area contributed by atoms with Gasteiger partial charge < -0.3 is 4.43 Å². The van der Waals surface area contributed by atoms with Crippen LogP contribution >= 0.6 is 0 Å². The molecule has 2 rings (SSSR count). The third-order valence-electron chi connectivity index (χ3n) is 8.27. The molecule has 0 spiro atoms. The van der Waals surface area contributed by atoms with E-state index in [2.05, 4.69) is 57.6 Å². The Hall–Kier alpha value is -1.54. The van der Waals surface area contributed by atoms with E-state index in [0.717, 1.165) is 34.5 Å². The molecule has 0 fully saturated rings. The van der Waals surface area contributed by atoms with Crippen molar-refractivity contribution in [2.75, 3.05) is 0 Å². The Morgan fingerprint density at radius 1 is 0.829 bits per heavy atom. The lowest BCUT2D eigenvalue weighted by atomic mass is 9.82. The first kappa shape index (κ1) is 35.7. The lowest BCUT2D eigenvalue weighted by molar-refractivity contribution is 0.288. The highest BCUT2D eigenvalue weighted by molar-refractivity contribution is 6.52. The minimum atomic E-state index is 0.427. The summed E-state index contributed by atoms with van der Waals surface area (Å²) in [5, 5.41) is 1.10. The average molecular weight is 594 g/mol. The van der Waals surface area contributed by atoms with Crippen molar-refractivity contribution in [2.24, 2.45) is 17.3 Å². The summed E-state index contributed by atoms with van der Waals surface area (Å²) in [5.41, 5.74) is 2.29. The van der Waals surface area contributed by atoms with Crippen LogP contribution in [0, 0.1) is 17.3 Å². The van der Waals surface area contributed by atoms with Gasteiger partial charge in [0.05, 0.1) is 17.5 Å². The molecule has 0 saturated carbocycles. The number of pyridine rings is 1. The Bertz CT molecular complexity index is 939. The molecule has 2 unspecified atom stereocenters. The van der Waals surface area contributed by atoms with Crippen LogP contribution in [0.15, 0.2) is 30.7 Å². The number of nitrogens with zero attached hydrogens (tertiary/aromatic N) is 3. The van der Waals surface area contributed by atoms with Crippen LogP contribution in [-0.4, -0.2) is 34.2 Å². The SMILES string of the molecule is CCCCCC(C)CCCCCC(C)C[Si]c1cncc(-c2cccnc2O[Si]CCCCC(C)(C)CCCC)n1. The van der Waals surface area contributed by atoms with Gasteiger partial charge in [0.1, 0.15) is 9.52 Å². The van der Waals surface area contributed by atoms with E-state index in [1.807, 2.05) is 24.7 Å². The maximum Gasteiger partial charge on any atom is 0.312 e. The molecule has 0 N–H and O–H groups in total. The Labute approximate surface area is 258 Å². The number of aromatic nitrogens is 3. The van der Waals surface area contributed by atoms with Crippen LogP contribution in [0.4, 0.5) is 0 Å². The van der Waals surface area contributed by atoms with Crippen molar-refractivity contribution in [1.82, 2.24) is 15.0 Å². The molecule has 2 atom stereocenters. The highest BCUT2D eigenvalue weighted by Crippen LogP contribution is 2.30. The van der Waals surface area contributed by atoms with E-state index in [0.29, 0.717) is 30.6 Å². The fourth-order valence-corrected chi connectivity index (χ4v) is 7.30. The number of unbranched alkanes of at least 4 members (excludes halogenated alkanes) is 6. The maximum atomic E-state index is 6.18. The molecule has 0 aliphatic carbocycles. The Kier molecular flexibility index (Phi) is 18.4. The van der Waals surface area contributed by atoms with E-state index in [4.69, 9.17) is 9.41 Å². The zero-order valence-electron chi connectivity index (χ0n) is 27.3. The minimum Gasteiger partial charge on any atom is -0.528 e. The highest BCUT2D eigenvalue weighted by atomic mass is 28.2. The van der Waals surface area contributed by atoms with Gasteiger partial charge in [-0.3, -0.25) is 9.97 Å². The lowest BCUT2D eigenvalue weighted by Gasteiger charge is -2.24. The lowest BCUT2D eigenvalue weighted by Crippen LogP contribution is -2.21. The summed E-state index contributed by atoms with van der Waals surface area (Å²) in [5.74, 6) is 2.32. The number of rotatable bonds is 24. The van der Waals surface area contributed by atoms with E-state index < -0.39 is 0 Å². The molecule has 2 heterocycles. The van der Waals surface area contributed by atoms with Gasteiger partial charge in [0, 0.05) is 17.7 Å². The molecule has 6 heteroatoms. The maximum absolute atomic E-state index is 6.18. The fraction of sp³-hybridized carbons (Fsp3) is 0.743. The number of hydrogen-bond donors (Lipinski definition) is 0. The van der Waals surface area contributed by atoms with Crippen LogP contribution in [0.5, 0.6) is 5.88 Å². The molecular weight excluding hydrogens is 535 g/mol. The second-order valence-electron chi connectivity index (χ2n) is 13.1. The van der Waals surface area contributed by atoms with E-state index in [9.17, 15) is 0 Å². The van der Waals surface area contributed by atoms with Crippen molar-refractivity contribution in [3.63, 3.8) is 0 Å². The van der Waals surface area contributed by atoms with E-state index in [1.54, 1.807) is 0 Å². The van der Waals surface area contributed by atoms with Gasteiger partial charge in [0.25, 0.3) is 0 Å². The van der Waals surface area contributed by atoms with Crippen molar-refractivity contribution in [2.45, 2.75) is 150 Å². The normalized spacial score (nSPS) is 13.3. The Morgan fingerprint density at radius 2 is 1.54 bits per heavy atom. The van der Waals surface area contributed by atoms with Gasteiger partial charge in [-0.25, -0.2) is 4.98 Å². The molecule has 0 saturated heterocycles. The monoisotopic (exact) mass is 593 g/mol. The standard InChI is InChI=1S/C35H59N3OSi2/c1-7-9-12-18-29(3)19-13-11-14-20-30(4)28-40-33-27-36-26-32(38-33)31-21-17-24-37-34(31)39-41-25-16-15-23-35(5,6)22-10-8-2/h17,21,24,26-27,29-30H,7-16,18-20,22-23,25,28H2,1-6H3. The van der Waals surface area contributed by atoms with Gasteiger partial charge in [-0.05, 0) is 48.3 Å². The van der Waals surface area contributed by atoms with Crippen molar-refractivity contribution in [3.05, 3.63) is 30.7 Å². The van der Waals surface area contributed by atoms with Crippen molar-refractivity contribution in [3.8, 4) is 17.1 Å². The molecule has 4 radical (unpaired) electrons. The van der Waals surface area contributed by atoms with Gasteiger partial charge >= 0.3 is 9.76 Å². The Morgan fingerprint density at radius 3 is 2.29 bits per heavy atom. The zero-order valence-corrected chi connectivity index (χ0v) is 29.3. The molecule has 0 amide bonds. The Balaban J connectivity index is 1.72. The van der Waals surface area contributed by atoms with Gasteiger partial charge in [-0.1, -0.05) is 131 Å². The summed E-state index contributed by atoms with van der Waals surface area (Å²) in [6.45, 7) is 14.2. The van der Waals surface area contributed by atoms with E-state index in [1.165, 1.54) is 102 Å². The predicted molar refractivity (Wildman–Crippen MR) is 179 cm³/mol. The van der Waals surface area contributed by atoms with Crippen LogP contribution in [0.25, 0.3) is 11.3 Å². The summed E-state index contributed by atoms with van der Waals surface area (Å²) in [7, 11) is 1.12. The zero-order chi connectivity index (χ0) is 29.8. The second kappa shape index (κ2) is 21.2. The molecule has 0 aromatic carbocycles. The summed E-state index contributed by atoms with van der Waals surface area (Å²) in [6.07, 6.45) is 25.7. The van der Waals surface area contributed by atoms with Gasteiger partial charge in [0.2, 0.25) is 5.88 Å². The van der Waals surface area contributed by atoms with Gasteiger partial charge in [0.15, 0.2) is 0 Å². The molecule has 0 bridgehead atoms. The summed E-state index contributed by atoms with van der Waals surface area (Å²) < 4.78 is 6.18. The molecule has 2 aromatic heterocycles. The van der Waals surface area contributed by atoms with Crippen LogP contribution in [0.1, 0.15) is 138 Å². The van der Waals surface area contributed by atoms with Crippen molar-refractivity contribution < 1.29 is 4.43 Å². The summed E-state index contributed by atoms with van der Waals surface area (Å²) in [4.78, 5) is 14.1. The van der Waals surface area contributed by atoms with E-state index >= 15 is 0 Å². The van der Waals surface area contributed by atoms with Crippen molar-refractivity contribution >= 4 is 24.6 Å². The smallest absolute Gasteiger partial charge is 0.312 e. The first-order chi connectivity index (χ1) is 19.8. The molecule has 0 aliphatic heterocycles. The van der Waals surface area contributed by atoms with Crippen molar-refractivity contribution in [1.29, 1.82) is 0 Å². The first-order valence-corrected chi connectivity index (χ1v) is 19.1. The van der Waals surface area contributed by atoms with Crippen LogP contribution in [-0.2, 0) is 0 Å². The summed E-state index contributed by atoms with van der Waals surface area (Å²) >= 11 is 0. The molecule has 228 valence electrons. The van der Waals surface area contributed by atoms with Gasteiger partial charge in [-0.2, -0.15) is 0 Å². The highest BCUT2D eigenvalue weighted by Gasteiger charge is 2.17. The predicted octanol–water partition coefficient (Wildman–Crippen LogP) is 9.89. The molecule has 41 heavy (non-hydrogen) atoms. The van der Waals surface area contributed by atoms with Crippen LogP contribution < -0.4 is 9.74 Å². The van der Waals surface area contributed by atoms with Gasteiger partial charge in [-0.15, -0.1) is 0 Å². The average Bonchev–Trinajstić information content (AvgIpc) is 2.97. The molecule has 2 aromatic rings. The molecule has 4 nitrogen and oxygen atoms in total. The third kappa shape index (κ3) is 16.0. The van der Waals surface area contributed by atoms with E-state index in [-0.39, 0.29) is 0 Å². The molecule has 0 aliphatic rings.